The number of carbonyl (C=O) groups is 2. The Morgan fingerprint density at radius 2 is 2.16 bits per heavy atom. The van der Waals surface area contributed by atoms with Gasteiger partial charge in [-0.15, -0.1) is 0 Å². The average Bonchev–Trinajstić information content (AvgIpc) is 2.70. The fourth-order valence-corrected chi connectivity index (χ4v) is 2.12. The van der Waals surface area contributed by atoms with E-state index in [-0.39, 0.29) is 26.1 Å². The van der Waals surface area contributed by atoms with E-state index in [2.05, 4.69) is 0 Å². The maximum Gasteiger partial charge on any atom is 0.326 e. The van der Waals surface area contributed by atoms with Crippen molar-refractivity contribution in [2.75, 3.05) is 33.9 Å². The first-order chi connectivity index (χ1) is 8.86. The Balaban J connectivity index is 2.62. The van der Waals surface area contributed by atoms with Crippen LogP contribution in [-0.4, -0.2) is 89.2 Å². The third kappa shape index (κ3) is 4.05. The molecular formula is C11H20N2O6. The molecule has 110 valence electrons. The summed E-state index contributed by atoms with van der Waals surface area (Å²) in [6.07, 6.45) is -1.65. The van der Waals surface area contributed by atoms with E-state index < -0.39 is 30.3 Å². The number of hydrogen-bond acceptors (Lipinski definition) is 5. The normalized spacial score (nSPS) is 24.3. The zero-order chi connectivity index (χ0) is 14.6. The molecule has 1 heterocycles. The molecule has 3 N–H and O–H groups in total. The Labute approximate surface area is 111 Å². The highest BCUT2D eigenvalue weighted by Gasteiger charge is 2.40. The highest BCUT2D eigenvalue weighted by molar-refractivity contribution is 5.83. The number of likely N-dealkylation sites (tertiary alicyclic amines) is 1. The SMILES string of the molecule is COCC(O)CN(C)C(=O)N1C[C@H](O)C[C@@H]1C(=O)O. The molecule has 1 unspecified atom stereocenters. The second-order valence-corrected chi connectivity index (χ2v) is 4.67. The number of nitrogens with zero attached hydrogens (tertiary/aromatic N) is 2. The lowest BCUT2D eigenvalue weighted by Gasteiger charge is -2.28. The molecular weight excluding hydrogens is 256 g/mol. The Kier molecular flexibility index (Phi) is 5.52. The minimum atomic E-state index is -1.14. The number of carboxylic acids is 1. The van der Waals surface area contributed by atoms with Gasteiger partial charge in [-0.2, -0.15) is 0 Å². The van der Waals surface area contributed by atoms with E-state index in [9.17, 15) is 19.8 Å². The van der Waals surface area contributed by atoms with E-state index in [4.69, 9.17) is 9.84 Å². The minimum Gasteiger partial charge on any atom is -0.480 e. The molecule has 0 saturated carbocycles. The average molecular weight is 276 g/mol. The summed E-state index contributed by atoms with van der Waals surface area (Å²) in [5.74, 6) is -1.14. The first-order valence-electron chi connectivity index (χ1n) is 5.96. The Morgan fingerprint density at radius 3 is 2.68 bits per heavy atom. The maximum atomic E-state index is 12.1. The zero-order valence-corrected chi connectivity index (χ0v) is 11.0. The summed E-state index contributed by atoms with van der Waals surface area (Å²) in [6.45, 7) is 0.106. The number of aliphatic carboxylic acids is 1. The summed E-state index contributed by atoms with van der Waals surface area (Å²) in [4.78, 5) is 25.4. The largest absolute Gasteiger partial charge is 0.480 e. The van der Waals surface area contributed by atoms with Gasteiger partial charge in [-0.05, 0) is 0 Å². The third-order valence-electron chi connectivity index (χ3n) is 2.98. The molecule has 2 amide bonds. The Bertz CT molecular complexity index is 337. The smallest absolute Gasteiger partial charge is 0.326 e. The molecule has 0 bridgehead atoms. The van der Waals surface area contributed by atoms with Crippen LogP contribution < -0.4 is 0 Å². The van der Waals surface area contributed by atoms with E-state index in [1.54, 1.807) is 0 Å². The van der Waals surface area contributed by atoms with Crippen LogP contribution in [0.5, 0.6) is 0 Å². The number of aliphatic hydroxyl groups is 2. The number of β-amino-alcohol motifs (C(OH)–C–C–N with tert-alkyl or cyclic N) is 1. The number of amides is 2. The van der Waals surface area contributed by atoms with E-state index >= 15 is 0 Å². The van der Waals surface area contributed by atoms with Gasteiger partial charge in [0.25, 0.3) is 0 Å². The predicted octanol–water partition coefficient (Wildman–Crippen LogP) is -1.43. The monoisotopic (exact) mass is 276 g/mol. The topological polar surface area (TPSA) is 111 Å². The van der Waals surface area contributed by atoms with Crippen molar-refractivity contribution in [3.05, 3.63) is 0 Å². The molecule has 0 aromatic heterocycles. The molecule has 8 heteroatoms. The number of likely N-dealkylation sites (N-methyl/N-ethyl adjacent to an activating group) is 1. The first-order valence-corrected chi connectivity index (χ1v) is 5.96. The quantitative estimate of drug-likeness (QED) is 0.567. The molecule has 0 spiro atoms. The van der Waals surface area contributed by atoms with Gasteiger partial charge < -0.3 is 29.9 Å². The van der Waals surface area contributed by atoms with Gasteiger partial charge >= 0.3 is 12.0 Å². The number of rotatable bonds is 5. The van der Waals surface area contributed by atoms with Crippen LogP contribution >= 0.6 is 0 Å². The van der Waals surface area contributed by atoms with Gasteiger partial charge in [0.15, 0.2) is 0 Å². The standard InChI is InChI=1S/C11H20N2O6/c1-12(4-8(15)6-19-2)11(18)13-5-7(14)3-9(13)10(16)17/h7-9,14-15H,3-6H2,1-2H3,(H,16,17)/t7-,8?,9-/m1/s1. The lowest BCUT2D eigenvalue weighted by Crippen LogP contribution is -2.49. The van der Waals surface area contributed by atoms with E-state index in [1.165, 1.54) is 19.1 Å². The number of carboxylic acid groups (broad SMARTS) is 1. The predicted molar refractivity (Wildman–Crippen MR) is 64.7 cm³/mol. The molecule has 1 rings (SSSR count). The van der Waals surface area contributed by atoms with Crippen LogP contribution in [0.1, 0.15) is 6.42 Å². The van der Waals surface area contributed by atoms with Crippen molar-refractivity contribution in [2.45, 2.75) is 24.7 Å². The highest BCUT2D eigenvalue weighted by atomic mass is 16.5. The summed E-state index contributed by atoms with van der Waals surface area (Å²) in [5, 5.41) is 28.0. The van der Waals surface area contributed by atoms with Crippen molar-refractivity contribution >= 4 is 12.0 Å². The molecule has 1 aliphatic rings. The second kappa shape index (κ2) is 6.69. The number of aliphatic hydroxyl groups excluding tert-OH is 2. The van der Waals surface area contributed by atoms with Crippen molar-refractivity contribution in [2.24, 2.45) is 0 Å². The van der Waals surface area contributed by atoms with Crippen molar-refractivity contribution in [3.63, 3.8) is 0 Å². The van der Waals surface area contributed by atoms with Gasteiger partial charge in [0.2, 0.25) is 0 Å². The lowest BCUT2D eigenvalue weighted by molar-refractivity contribution is -0.141. The number of methoxy groups -OCH3 is 1. The first kappa shape index (κ1) is 15.7. The van der Waals surface area contributed by atoms with Gasteiger partial charge in [-0.1, -0.05) is 0 Å². The number of ether oxygens (including phenoxy) is 1. The van der Waals surface area contributed by atoms with Crippen LogP contribution in [0.25, 0.3) is 0 Å². The van der Waals surface area contributed by atoms with Gasteiger partial charge in [-0.25, -0.2) is 9.59 Å². The summed E-state index contributed by atoms with van der Waals surface area (Å²) in [6, 6.07) is -1.55. The van der Waals surface area contributed by atoms with Crippen molar-refractivity contribution in [1.82, 2.24) is 9.80 Å². The van der Waals surface area contributed by atoms with Crippen LogP contribution in [0.2, 0.25) is 0 Å². The minimum absolute atomic E-state index is 0.0134. The molecule has 0 radical (unpaired) electrons. The second-order valence-electron chi connectivity index (χ2n) is 4.67. The van der Waals surface area contributed by atoms with Gasteiger partial charge in [0.05, 0.1) is 25.4 Å². The third-order valence-corrected chi connectivity index (χ3v) is 2.98. The van der Waals surface area contributed by atoms with Gasteiger partial charge in [0.1, 0.15) is 6.04 Å². The summed E-state index contributed by atoms with van der Waals surface area (Å²) in [7, 11) is 2.90. The fourth-order valence-electron chi connectivity index (χ4n) is 2.12. The van der Waals surface area contributed by atoms with Crippen LogP contribution in [0.3, 0.4) is 0 Å². The summed E-state index contributed by atoms with van der Waals surface area (Å²) >= 11 is 0. The lowest BCUT2D eigenvalue weighted by atomic mass is 10.2. The molecule has 1 fully saturated rings. The number of urea groups is 1. The van der Waals surface area contributed by atoms with Crippen LogP contribution in [0.4, 0.5) is 4.79 Å². The molecule has 1 saturated heterocycles. The van der Waals surface area contributed by atoms with Crippen molar-refractivity contribution in [1.29, 1.82) is 0 Å². The number of carbonyl (C=O) groups excluding carboxylic acids is 1. The Morgan fingerprint density at radius 1 is 1.53 bits per heavy atom. The molecule has 8 nitrogen and oxygen atoms in total. The summed E-state index contributed by atoms with van der Waals surface area (Å²) < 4.78 is 4.75. The van der Waals surface area contributed by atoms with E-state index in [0.29, 0.717) is 0 Å². The maximum absolute atomic E-state index is 12.1. The molecule has 1 aliphatic heterocycles. The molecule has 0 aromatic carbocycles. The molecule has 0 aromatic rings. The van der Waals surface area contributed by atoms with E-state index in [1.807, 2.05) is 0 Å². The zero-order valence-electron chi connectivity index (χ0n) is 11.0. The fraction of sp³-hybridized carbons (Fsp3) is 0.818. The Hall–Kier alpha value is -1.38. The molecule has 19 heavy (non-hydrogen) atoms. The van der Waals surface area contributed by atoms with E-state index in [0.717, 1.165) is 4.90 Å². The van der Waals surface area contributed by atoms with Crippen LogP contribution in [0, 0.1) is 0 Å². The van der Waals surface area contributed by atoms with Crippen LogP contribution in [0.15, 0.2) is 0 Å². The molecule has 0 aliphatic carbocycles. The van der Waals surface area contributed by atoms with Crippen molar-refractivity contribution < 1.29 is 29.6 Å². The van der Waals surface area contributed by atoms with Crippen LogP contribution in [-0.2, 0) is 9.53 Å². The van der Waals surface area contributed by atoms with Gasteiger partial charge in [0, 0.05) is 27.1 Å². The number of hydrogen-bond donors (Lipinski definition) is 3. The van der Waals surface area contributed by atoms with Crippen molar-refractivity contribution in [3.8, 4) is 0 Å². The summed E-state index contributed by atoms with van der Waals surface area (Å²) in [5.41, 5.74) is 0. The van der Waals surface area contributed by atoms with Gasteiger partial charge in [-0.3, -0.25) is 0 Å². The highest BCUT2D eigenvalue weighted by Crippen LogP contribution is 2.19. The molecule has 3 atom stereocenters.